The highest BCUT2D eigenvalue weighted by Gasteiger charge is 2.12. The van der Waals surface area contributed by atoms with Crippen LogP contribution in [0.3, 0.4) is 0 Å². The number of fused-ring (bicyclic) bond motifs is 1. The molecule has 2 heterocycles. The van der Waals surface area contributed by atoms with E-state index in [9.17, 15) is 0 Å². The van der Waals surface area contributed by atoms with Crippen molar-refractivity contribution < 1.29 is 8.94 Å². The number of aromatic nitrogens is 3. The van der Waals surface area contributed by atoms with E-state index in [0.717, 1.165) is 44.5 Å². The Labute approximate surface area is 206 Å². The topological polar surface area (TPSA) is 65.0 Å². The number of rotatable bonds is 5. The molecule has 4 aromatic carbocycles. The highest BCUT2D eigenvalue weighted by atomic mass is 35.5. The van der Waals surface area contributed by atoms with Gasteiger partial charge in [-0.1, -0.05) is 89.6 Å². The van der Waals surface area contributed by atoms with Gasteiger partial charge in [-0.15, -0.1) is 10.2 Å². The third-order valence-corrected chi connectivity index (χ3v) is 6.04. The molecule has 6 aromatic rings. The van der Waals surface area contributed by atoms with Crippen LogP contribution in [0.4, 0.5) is 0 Å². The van der Waals surface area contributed by atoms with Crippen LogP contribution >= 0.6 is 11.6 Å². The summed E-state index contributed by atoms with van der Waals surface area (Å²) in [6, 6.07) is 31.4. The van der Waals surface area contributed by atoms with E-state index in [2.05, 4.69) is 15.4 Å². The quantitative estimate of drug-likeness (QED) is 0.236. The molecule has 6 rings (SSSR count). The lowest BCUT2D eigenvalue weighted by Gasteiger charge is -2.02. The van der Waals surface area contributed by atoms with Gasteiger partial charge in [-0.05, 0) is 47.5 Å². The van der Waals surface area contributed by atoms with E-state index in [1.165, 1.54) is 0 Å². The van der Waals surface area contributed by atoms with Gasteiger partial charge in [0.1, 0.15) is 5.69 Å². The molecule has 6 heteroatoms. The molecule has 0 radical (unpaired) electrons. The minimum Gasteiger partial charge on any atom is -0.416 e. The second-order valence-electron chi connectivity index (χ2n) is 8.00. The van der Waals surface area contributed by atoms with Crippen LogP contribution in [0.2, 0.25) is 5.02 Å². The number of para-hydroxylation sites is 1. The molecule has 0 unspecified atom stereocenters. The summed E-state index contributed by atoms with van der Waals surface area (Å²) in [5.41, 5.74) is 6.21. The van der Waals surface area contributed by atoms with Crippen LogP contribution in [0.5, 0.6) is 0 Å². The first-order chi connectivity index (χ1) is 17.2. The standard InChI is InChI=1S/C29H18ClN3O2/c30-25-18-23(29-32-31-28(34-29)22-6-2-1-3-7-22)17-16-20(25)13-10-19-11-14-21(15-12-19)27-24-8-4-5-9-26(24)35-33-27/h1-18H/b13-10+. The van der Waals surface area contributed by atoms with E-state index >= 15 is 0 Å². The van der Waals surface area contributed by atoms with Crippen LogP contribution in [0.1, 0.15) is 11.1 Å². The van der Waals surface area contributed by atoms with E-state index in [1.54, 1.807) is 0 Å². The van der Waals surface area contributed by atoms with Crippen molar-refractivity contribution in [3.8, 4) is 34.2 Å². The molecule has 0 saturated carbocycles. The Hall–Kier alpha value is -4.48. The Morgan fingerprint density at radius 3 is 2.17 bits per heavy atom. The molecular weight excluding hydrogens is 458 g/mol. The minimum absolute atomic E-state index is 0.428. The molecule has 0 aliphatic heterocycles. The van der Waals surface area contributed by atoms with Gasteiger partial charge in [-0.25, -0.2) is 0 Å². The van der Waals surface area contributed by atoms with Crippen molar-refractivity contribution in [2.24, 2.45) is 0 Å². The largest absolute Gasteiger partial charge is 0.416 e. The highest BCUT2D eigenvalue weighted by Crippen LogP contribution is 2.30. The van der Waals surface area contributed by atoms with E-state index in [4.69, 9.17) is 20.5 Å². The predicted molar refractivity (Wildman–Crippen MR) is 139 cm³/mol. The second-order valence-corrected chi connectivity index (χ2v) is 8.40. The Balaban J connectivity index is 1.20. The van der Waals surface area contributed by atoms with E-state index in [-0.39, 0.29) is 0 Å². The smallest absolute Gasteiger partial charge is 0.248 e. The maximum Gasteiger partial charge on any atom is 0.248 e. The Bertz CT molecular complexity index is 1650. The first kappa shape index (κ1) is 21.1. The summed E-state index contributed by atoms with van der Waals surface area (Å²) >= 11 is 6.56. The SMILES string of the molecule is Clc1cc(-c2nnc(-c3ccccc3)o2)ccc1/C=C/c1ccc(-c2noc3ccccc23)cc1. The van der Waals surface area contributed by atoms with Crippen molar-refractivity contribution in [2.45, 2.75) is 0 Å². The van der Waals surface area contributed by atoms with Gasteiger partial charge in [-0.3, -0.25) is 0 Å². The van der Waals surface area contributed by atoms with Crippen LogP contribution < -0.4 is 0 Å². The van der Waals surface area contributed by atoms with Gasteiger partial charge >= 0.3 is 0 Å². The molecule has 0 aliphatic carbocycles. The average molecular weight is 476 g/mol. The van der Waals surface area contributed by atoms with Crippen LogP contribution in [-0.4, -0.2) is 15.4 Å². The molecule has 0 saturated heterocycles. The van der Waals surface area contributed by atoms with Crippen molar-refractivity contribution in [1.29, 1.82) is 0 Å². The summed E-state index contributed by atoms with van der Waals surface area (Å²) in [5, 5.41) is 14.1. The number of halogens is 1. The van der Waals surface area contributed by atoms with Gasteiger partial charge in [0.15, 0.2) is 5.58 Å². The molecule has 0 spiro atoms. The molecule has 0 aliphatic rings. The van der Waals surface area contributed by atoms with Crippen molar-refractivity contribution in [1.82, 2.24) is 15.4 Å². The fourth-order valence-corrected chi connectivity index (χ4v) is 4.11. The zero-order chi connectivity index (χ0) is 23.6. The van der Waals surface area contributed by atoms with Gasteiger partial charge in [0, 0.05) is 27.1 Å². The summed E-state index contributed by atoms with van der Waals surface area (Å²) in [5.74, 6) is 0.903. The highest BCUT2D eigenvalue weighted by molar-refractivity contribution is 6.32. The molecular formula is C29H18ClN3O2. The van der Waals surface area contributed by atoms with E-state index in [1.807, 2.05) is 109 Å². The summed E-state index contributed by atoms with van der Waals surface area (Å²) in [6.07, 6.45) is 4.00. The monoisotopic (exact) mass is 475 g/mol. The number of hydrogen-bond donors (Lipinski definition) is 0. The number of benzene rings is 4. The predicted octanol–water partition coefficient (Wildman–Crippen LogP) is 8.04. The summed E-state index contributed by atoms with van der Waals surface area (Å²) in [4.78, 5) is 0. The lowest BCUT2D eigenvalue weighted by molar-refractivity contribution is 0.459. The van der Waals surface area contributed by atoms with Crippen LogP contribution in [0, 0.1) is 0 Å². The molecule has 0 bridgehead atoms. The first-order valence-corrected chi connectivity index (χ1v) is 11.4. The zero-order valence-electron chi connectivity index (χ0n) is 18.4. The van der Waals surface area contributed by atoms with Gasteiger partial charge in [0.05, 0.1) is 0 Å². The molecule has 168 valence electrons. The van der Waals surface area contributed by atoms with Crippen molar-refractivity contribution >= 4 is 34.7 Å². The number of hydrogen-bond acceptors (Lipinski definition) is 5. The van der Waals surface area contributed by atoms with Gasteiger partial charge < -0.3 is 8.94 Å². The number of nitrogens with zero attached hydrogens (tertiary/aromatic N) is 3. The average Bonchev–Trinajstić information content (AvgIpc) is 3.57. The fourth-order valence-electron chi connectivity index (χ4n) is 3.86. The van der Waals surface area contributed by atoms with E-state index < -0.39 is 0 Å². The third kappa shape index (κ3) is 4.25. The molecule has 2 aromatic heterocycles. The Morgan fingerprint density at radius 1 is 0.657 bits per heavy atom. The van der Waals surface area contributed by atoms with Gasteiger partial charge in [-0.2, -0.15) is 0 Å². The summed E-state index contributed by atoms with van der Waals surface area (Å²) in [6.45, 7) is 0. The fraction of sp³-hybridized carbons (Fsp3) is 0. The molecule has 0 amide bonds. The second kappa shape index (κ2) is 9.05. The molecule has 35 heavy (non-hydrogen) atoms. The van der Waals surface area contributed by atoms with E-state index in [0.29, 0.717) is 16.8 Å². The first-order valence-electron chi connectivity index (χ1n) is 11.1. The van der Waals surface area contributed by atoms with Crippen LogP contribution in [0.15, 0.2) is 106 Å². The third-order valence-electron chi connectivity index (χ3n) is 5.71. The molecule has 0 N–H and O–H groups in total. The van der Waals surface area contributed by atoms with Crippen molar-refractivity contribution in [3.63, 3.8) is 0 Å². The van der Waals surface area contributed by atoms with Crippen molar-refractivity contribution in [3.05, 3.63) is 113 Å². The Morgan fingerprint density at radius 2 is 1.37 bits per heavy atom. The maximum atomic E-state index is 6.56. The lowest BCUT2D eigenvalue weighted by atomic mass is 10.0. The summed E-state index contributed by atoms with van der Waals surface area (Å²) < 4.78 is 11.3. The lowest BCUT2D eigenvalue weighted by Crippen LogP contribution is -1.82. The molecule has 5 nitrogen and oxygen atoms in total. The minimum atomic E-state index is 0.428. The van der Waals surface area contributed by atoms with Crippen LogP contribution in [-0.2, 0) is 0 Å². The normalized spacial score (nSPS) is 11.5. The molecule has 0 fully saturated rings. The maximum absolute atomic E-state index is 6.56. The van der Waals surface area contributed by atoms with Crippen LogP contribution in [0.25, 0.3) is 57.3 Å². The molecule has 0 atom stereocenters. The zero-order valence-corrected chi connectivity index (χ0v) is 19.2. The Kier molecular flexibility index (Phi) is 5.45. The van der Waals surface area contributed by atoms with Gasteiger partial charge in [0.25, 0.3) is 0 Å². The summed E-state index contributed by atoms with van der Waals surface area (Å²) in [7, 11) is 0. The van der Waals surface area contributed by atoms with Crippen molar-refractivity contribution in [2.75, 3.05) is 0 Å². The van der Waals surface area contributed by atoms with Gasteiger partial charge in [0.2, 0.25) is 11.8 Å².